The van der Waals surface area contributed by atoms with Gasteiger partial charge < -0.3 is 0 Å². The van der Waals surface area contributed by atoms with Crippen LogP contribution in [0.15, 0.2) is 102 Å². The van der Waals surface area contributed by atoms with Crippen LogP contribution in [0.5, 0.6) is 0 Å². The third kappa shape index (κ3) is 6.14. The molecule has 9 nitrogen and oxygen atoms in total. The first-order valence-electron chi connectivity index (χ1n) is 10.5. The summed E-state index contributed by atoms with van der Waals surface area (Å²) in [4.78, 5) is 33.1. The lowest BCUT2D eigenvalue weighted by atomic mass is 10.2. The lowest BCUT2D eigenvalue weighted by molar-refractivity contribution is 0.0846. The van der Waals surface area contributed by atoms with E-state index in [1.807, 2.05) is 48.5 Å². The van der Waals surface area contributed by atoms with Crippen LogP contribution in [0, 0.1) is 0 Å². The zero-order valence-corrected chi connectivity index (χ0v) is 19.2. The molecule has 0 radical (unpaired) electrons. The summed E-state index contributed by atoms with van der Waals surface area (Å²) in [5, 5.41) is 0. The first-order valence-corrected chi connectivity index (χ1v) is 12.0. The number of carbonyl (C=O) groups excluding carboxylic acids is 2. The van der Waals surface area contributed by atoms with Crippen molar-refractivity contribution < 1.29 is 18.0 Å². The summed E-state index contributed by atoms with van der Waals surface area (Å²) in [5.41, 5.74) is 6.36. The molecule has 0 saturated heterocycles. The smallest absolute Gasteiger partial charge is 0.267 e. The molecule has 0 atom stereocenters. The molecule has 2 amide bonds. The van der Waals surface area contributed by atoms with Gasteiger partial charge in [-0.2, -0.15) is 0 Å². The number of rotatable bonds is 7. The van der Waals surface area contributed by atoms with Gasteiger partial charge in [0, 0.05) is 30.1 Å². The summed E-state index contributed by atoms with van der Waals surface area (Å²) in [6.45, 7) is 0.112. The number of benzene rings is 3. The maximum atomic E-state index is 12.6. The molecule has 4 aromatic rings. The van der Waals surface area contributed by atoms with E-state index < -0.39 is 21.8 Å². The molecule has 3 N–H and O–H groups in total. The minimum Gasteiger partial charge on any atom is -0.267 e. The predicted octanol–water partition coefficient (Wildman–Crippen LogP) is 2.70. The number of hydrogen-bond donors (Lipinski definition) is 3. The van der Waals surface area contributed by atoms with E-state index in [1.54, 1.807) is 12.1 Å². The first kappa shape index (κ1) is 23.7. The topological polar surface area (TPSA) is 130 Å². The Morgan fingerprint density at radius 1 is 0.714 bits per heavy atom. The van der Waals surface area contributed by atoms with Gasteiger partial charge in [-0.05, 0) is 23.8 Å². The lowest BCUT2D eigenvalue weighted by Gasteiger charge is -2.10. The Kier molecular flexibility index (Phi) is 7.24. The fourth-order valence-electron chi connectivity index (χ4n) is 3.10. The Labute approximate surface area is 202 Å². The van der Waals surface area contributed by atoms with E-state index in [-0.39, 0.29) is 22.6 Å². The second-order valence-electron chi connectivity index (χ2n) is 7.41. The summed E-state index contributed by atoms with van der Waals surface area (Å²) in [6, 6.07) is 23.8. The third-order valence-corrected chi connectivity index (χ3v) is 6.35. The van der Waals surface area contributed by atoms with Gasteiger partial charge in [-0.3, -0.25) is 20.4 Å². The molecule has 35 heavy (non-hydrogen) atoms. The largest absolute Gasteiger partial charge is 0.272 e. The molecule has 0 aliphatic rings. The number of nitrogens with zero attached hydrogens (tertiary/aromatic N) is 2. The Hall–Kier alpha value is -4.41. The van der Waals surface area contributed by atoms with E-state index in [9.17, 15) is 18.0 Å². The second-order valence-corrected chi connectivity index (χ2v) is 9.17. The SMILES string of the molecule is O=C(NNC(=O)c1cccc(S(=O)(=O)NCc2ccccc2)c1)c1cnc(-c2ccccc2)nc1. The third-order valence-electron chi connectivity index (χ3n) is 4.95. The quantitative estimate of drug-likeness (QED) is 0.344. The zero-order valence-electron chi connectivity index (χ0n) is 18.4. The highest BCUT2D eigenvalue weighted by molar-refractivity contribution is 7.89. The Morgan fingerprint density at radius 3 is 1.97 bits per heavy atom. The Morgan fingerprint density at radius 2 is 1.31 bits per heavy atom. The average molecular weight is 488 g/mol. The molecule has 4 rings (SSSR count). The summed E-state index contributed by atoms with van der Waals surface area (Å²) in [6.07, 6.45) is 2.70. The molecule has 1 aromatic heterocycles. The molecule has 0 saturated carbocycles. The second kappa shape index (κ2) is 10.7. The highest BCUT2D eigenvalue weighted by atomic mass is 32.2. The van der Waals surface area contributed by atoms with Gasteiger partial charge in [-0.15, -0.1) is 0 Å². The van der Waals surface area contributed by atoms with Gasteiger partial charge in [0.15, 0.2) is 5.82 Å². The van der Waals surface area contributed by atoms with Crippen LogP contribution in [-0.2, 0) is 16.6 Å². The lowest BCUT2D eigenvalue weighted by Crippen LogP contribution is -2.41. The van der Waals surface area contributed by atoms with E-state index in [0.717, 1.165) is 11.1 Å². The summed E-state index contributed by atoms with van der Waals surface area (Å²) in [5.74, 6) is -0.836. The number of nitrogens with one attached hydrogen (secondary N) is 3. The molecule has 0 spiro atoms. The van der Waals surface area contributed by atoms with Crippen molar-refractivity contribution in [3.8, 4) is 11.4 Å². The van der Waals surface area contributed by atoms with Crippen LogP contribution in [-0.4, -0.2) is 30.2 Å². The van der Waals surface area contributed by atoms with Crippen molar-refractivity contribution in [2.75, 3.05) is 0 Å². The summed E-state index contributed by atoms with van der Waals surface area (Å²) in [7, 11) is -3.85. The molecule has 0 fully saturated rings. The highest BCUT2D eigenvalue weighted by Crippen LogP contribution is 2.14. The van der Waals surface area contributed by atoms with E-state index in [4.69, 9.17) is 0 Å². The van der Waals surface area contributed by atoms with Crippen LogP contribution < -0.4 is 15.6 Å². The first-order chi connectivity index (χ1) is 16.9. The minimum absolute atomic E-state index is 0.0589. The Bertz CT molecular complexity index is 1430. The molecule has 1 heterocycles. The minimum atomic E-state index is -3.85. The fourth-order valence-corrected chi connectivity index (χ4v) is 4.16. The number of hydrogen-bond acceptors (Lipinski definition) is 6. The van der Waals surface area contributed by atoms with Gasteiger partial charge in [-0.25, -0.2) is 23.1 Å². The molecular weight excluding hydrogens is 466 g/mol. The van der Waals surface area contributed by atoms with Crippen LogP contribution in [0.2, 0.25) is 0 Å². The van der Waals surface area contributed by atoms with Gasteiger partial charge in [0.25, 0.3) is 11.8 Å². The van der Waals surface area contributed by atoms with Crippen molar-refractivity contribution in [3.63, 3.8) is 0 Å². The number of aromatic nitrogens is 2. The van der Waals surface area contributed by atoms with Gasteiger partial charge in [0.05, 0.1) is 10.5 Å². The monoisotopic (exact) mass is 487 g/mol. The Balaban J connectivity index is 1.37. The van der Waals surface area contributed by atoms with Gasteiger partial charge >= 0.3 is 0 Å². The molecule has 0 aliphatic heterocycles. The van der Waals surface area contributed by atoms with Crippen LogP contribution in [0.4, 0.5) is 0 Å². The van der Waals surface area contributed by atoms with Crippen molar-refractivity contribution in [1.29, 1.82) is 0 Å². The maximum absolute atomic E-state index is 12.6. The summed E-state index contributed by atoms with van der Waals surface area (Å²) >= 11 is 0. The van der Waals surface area contributed by atoms with Crippen molar-refractivity contribution in [2.24, 2.45) is 0 Å². The number of hydrazine groups is 1. The summed E-state index contributed by atoms with van der Waals surface area (Å²) < 4.78 is 27.8. The molecule has 10 heteroatoms. The molecule has 176 valence electrons. The maximum Gasteiger partial charge on any atom is 0.272 e. The van der Waals surface area contributed by atoms with Crippen molar-refractivity contribution in [2.45, 2.75) is 11.4 Å². The number of amides is 2. The van der Waals surface area contributed by atoms with Crippen molar-refractivity contribution in [1.82, 2.24) is 25.5 Å². The van der Waals surface area contributed by atoms with E-state index in [0.29, 0.717) is 5.82 Å². The van der Waals surface area contributed by atoms with E-state index in [1.165, 1.54) is 36.7 Å². The van der Waals surface area contributed by atoms with Crippen molar-refractivity contribution >= 4 is 21.8 Å². The van der Waals surface area contributed by atoms with E-state index in [2.05, 4.69) is 25.5 Å². The van der Waals surface area contributed by atoms with Crippen LogP contribution in [0.25, 0.3) is 11.4 Å². The van der Waals surface area contributed by atoms with Crippen LogP contribution in [0.3, 0.4) is 0 Å². The molecular formula is C25H21N5O4S. The molecule has 0 aliphatic carbocycles. The predicted molar refractivity (Wildman–Crippen MR) is 129 cm³/mol. The molecule has 0 unspecified atom stereocenters. The molecule has 3 aromatic carbocycles. The standard InChI is InChI=1S/C25H21N5O4S/c31-24(29-30-25(32)21-16-26-23(27-17-21)19-10-5-2-6-11-19)20-12-7-13-22(14-20)35(33,34)28-15-18-8-3-1-4-9-18/h1-14,16-17,28H,15H2,(H,29,31)(H,30,32). The van der Waals surface area contributed by atoms with E-state index >= 15 is 0 Å². The van der Waals surface area contributed by atoms with Crippen LogP contribution in [0.1, 0.15) is 26.3 Å². The normalized spacial score (nSPS) is 11.0. The van der Waals surface area contributed by atoms with Gasteiger partial charge in [0.2, 0.25) is 10.0 Å². The highest BCUT2D eigenvalue weighted by Gasteiger charge is 2.17. The fraction of sp³-hybridized carbons (Fsp3) is 0.0400. The van der Waals surface area contributed by atoms with Crippen molar-refractivity contribution in [3.05, 3.63) is 114 Å². The van der Waals surface area contributed by atoms with Gasteiger partial charge in [-0.1, -0.05) is 66.7 Å². The molecule has 0 bridgehead atoms. The average Bonchev–Trinajstić information content (AvgIpc) is 2.91. The zero-order chi connectivity index (χ0) is 24.7. The van der Waals surface area contributed by atoms with Gasteiger partial charge in [0.1, 0.15) is 0 Å². The number of sulfonamides is 1. The number of carbonyl (C=O) groups is 2. The van der Waals surface area contributed by atoms with Crippen LogP contribution >= 0.6 is 0 Å².